The zero-order chi connectivity index (χ0) is 13.9. The molecule has 1 atom stereocenters. The highest BCUT2D eigenvalue weighted by molar-refractivity contribution is 7.88. The number of rotatable bonds is 5. The fourth-order valence-corrected chi connectivity index (χ4v) is 2.57. The Labute approximate surface area is 113 Å². The van der Waals surface area contributed by atoms with Crippen LogP contribution in [0, 0.1) is 0 Å². The predicted octanol–water partition coefficient (Wildman–Crippen LogP) is 1.81. The number of nitrogens with one attached hydrogen (secondary N) is 1. The maximum Gasteiger partial charge on any atom is 0.208 e. The highest BCUT2D eigenvalue weighted by atomic mass is 32.2. The van der Waals surface area contributed by atoms with Gasteiger partial charge in [0.2, 0.25) is 10.0 Å². The number of fused-ring (bicyclic) bond motifs is 1. The second-order valence-corrected chi connectivity index (χ2v) is 6.37. The first-order valence-electron chi connectivity index (χ1n) is 6.08. The van der Waals surface area contributed by atoms with Crippen LogP contribution in [0.15, 0.2) is 42.5 Å². The highest BCUT2D eigenvalue weighted by Crippen LogP contribution is 2.25. The number of benzene rings is 2. The maximum atomic E-state index is 11.0. The first-order chi connectivity index (χ1) is 8.97. The molecule has 0 saturated carbocycles. The van der Waals surface area contributed by atoms with E-state index in [-0.39, 0.29) is 6.54 Å². The minimum absolute atomic E-state index is 0.225. The molecule has 0 bridgehead atoms. The normalized spacial score (nSPS) is 13.6. The van der Waals surface area contributed by atoms with E-state index in [2.05, 4.69) is 4.72 Å². The van der Waals surface area contributed by atoms with E-state index in [4.69, 9.17) is 0 Å². The zero-order valence-electron chi connectivity index (χ0n) is 10.7. The summed E-state index contributed by atoms with van der Waals surface area (Å²) in [6.07, 6.45) is 0.776. The summed E-state index contributed by atoms with van der Waals surface area (Å²) < 4.78 is 24.3. The number of hydrogen-bond donors (Lipinski definition) is 2. The molecular formula is C14H17NO3S. The Morgan fingerprint density at radius 3 is 2.58 bits per heavy atom. The van der Waals surface area contributed by atoms with Crippen molar-refractivity contribution in [2.75, 3.05) is 12.8 Å². The van der Waals surface area contributed by atoms with Gasteiger partial charge in [-0.3, -0.25) is 0 Å². The number of hydrogen-bond acceptors (Lipinski definition) is 3. The van der Waals surface area contributed by atoms with Crippen LogP contribution in [0.3, 0.4) is 0 Å². The molecule has 0 amide bonds. The Morgan fingerprint density at radius 2 is 1.84 bits per heavy atom. The summed E-state index contributed by atoms with van der Waals surface area (Å²) in [7, 11) is -3.21. The van der Waals surface area contributed by atoms with Crippen molar-refractivity contribution in [3.63, 3.8) is 0 Å². The van der Waals surface area contributed by atoms with E-state index in [1.165, 1.54) is 0 Å². The Hall–Kier alpha value is -1.43. The van der Waals surface area contributed by atoms with E-state index >= 15 is 0 Å². The lowest BCUT2D eigenvalue weighted by Crippen LogP contribution is -2.24. The average molecular weight is 279 g/mol. The van der Waals surface area contributed by atoms with Crippen LogP contribution in [0.1, 0.15) is 18.1 Å². The molecule has 0 aliphatic heterocycles. The lowest BCUT2D eigenvalue weighted by molar-refractivity contribution is 0.170. The van der Waals surface area contributed by atoms with Crippen molar-refractivity contribution in [1.29, 1.82) is 0 Å². The second-order valence-electron chi connectivity index (χ2n) is 4.54. The van der Waals surface area contributed by atoms with Gasteiger partial charge < -0.3 is 5.11 Å². The Bertz CT molecular complexity index is 662. The van der Waals surface area contributed by atoms with Crippen LogP contribution in [-0.2, 0) is 10.0 Å². The average Bonchev–Trinajstić information content (AvgIpc) is 2.36. The molecule has 2 rings (SSSR count). The van der Waals surface area contributed by atoms with Gasteiger partial charge in [-0.1, -0.05) is 42.5 Å². The first-order valence-corrected chi connectivity index (χ1v) is 7.97. The topological polar surface area (TPSA) is 66.4 Å². The molecule has 4 nitrogen and oxygen atoms in total. The molecule has 0 saturated heterocycles. The second kappa shape index (κ2) is 5.69. The van der Waals surface area contributed by atoms with Gasteiger partial charge in [-0.15, -0.1) is 0 Å². The molecule has 0 spiro atoms. The molecule has 5 heteroatoms. The van der Waals surface area contributed by atoms with Crippen molar-refractivity contribution >= 4 is 20.8 Å². The van der Waals surface area contributed by atoms with E-state index < -0.39 is 16.1 Å². The van der Waals surface area contributed by atoms with E-state index in [0.29, 0.717) is 6.42 Å². The standard InChI is InChI=1S/C14H17NO3S/c1-19(17,18)15-10-9-14(16)13-8-4-6-11-5-2-3-7-12(11)13/h2-8,14-16H,9-10H2,1H3. The zero-order valence-corrected chi connectivity index (χ0v) is 11.5. The third-order valence-electron chi connectivity index (χ3n) is 2.96. The molecule has 0 aromatic heterocycles. The van der Waals surface area contributed by atoms with Crippen LogP contribution in [0.25, 0.3) is 10.8 Å². The summed E-state index contributed by atoms with van der Waals surface area (Å²) in [5, 5.41) is 12.2. The van der Waals surface area contributed by atoms with E-state index in [9.17, 15) is 13.5 Å². The molecule has 2 aromatic carbocycles. The lowest BCUT2D eigenvalue weighted by Gasteiger charge is -2.13. The smallest absolute Gasteiger partial charge is 0.208 e. The summed E-state index contributed by atoms with van der Waals surface area (Å²) in [5.41, 5.74) is 0.827. The van der Waals surface area contributed by atoms with Gasteiger partial charge in [-0.25, -0.2) is 13.1 Å². The molecule has 19 heavy (non-hydrogen) atoms. The quantitative estimate of drug-likeness (QED) is 0.877. The third kappa shape index (κ3) is 3.76. The van der Waals surface area contributed by atoms with Gasteiger partial charge in [-0.2, -0.15) is 0 Å². The predicted molar refractivity (Wildman–Crippen MR) is 76.4 cm³/mol. The summed E-state index contributed by atoms with van der Waals surface area (Å²) in [5.74, 6) is 0. The Morgan fingerprint density at radius 1 is 1.16 bits per heavy atom. The van der Waals surface area contributed by atoms with E-state index in [0.717, 1.165) is 22.6 Å². The molecular weight excluding hydrogens is 262 g/mol. The van der Waals surface area contributed by atoms with Crippen molar-refractivity contribution < 1.29 is 13.5 Å². The monoisotopic (exact) mass is 279 g/mol. The lowest BCUT2D eigenvalue weighted by atomic mass is 9.99. The van der Waals surface area contributed by atoms with Gasteiger partial charge in [0.15, 0.2) is 0 Å². The molecule has 102 valence electrons. The molecule has 2 aromatic rings. The Kier molecular flexibility index (Phi) is 4.19. The molecule has 0 radical (unpaired) electrons. The van der Waals surface area contributed by atoms with Crippen LogP contribution in [-0.4, -0.2) is 26.3 Å². The highest BCUT2D eigenvalue weighted by Gasteiger charge is 2.11. The van der Waals surface area contributed by atoms with Gasteiger partial charge in [0, 0.05) is 6.54 Å². The number of sulfonamides is 1. The van der Waals surface area contributed by atoms with Crippen molar-refractivity contribution in [2.24, 2.45) is 0 Å². The Balaban J connectivity index is 2.15. The van der Waals surface area contributed by atoms with Crippen LogP contribution in [0.4, 0.5) is 0 Å². The fourth-order valence-electron chi connectivity index (χ4n) is 2.08. The van der Waals surface area contributed by atoms with Crippen LogP contribution in [0.5, 0.6) is 0 Å². The largest absolute Gasteiger partial charge is 0.388 e. The molecule has 1 unspecified atom stereocenters. The van der Waals surface area contributed by atoms with Gasteiger partial charge in [0.1, 0.15) is 0 Å². The minimum Gasteiger partial charge on any atom is -0.388 e. The molecule has 0 aliphatic rings. The fraction of sp³-hybridized carbons (Fsp3) is 0.286. The van der Waals surface area contributed by atoms with Gasteiger partial charge >= 0.3 is 0 Å². The SMILES string of the molecule is CS(=O)(=O)NCCC(O)c1cccc2ccccc12. The van der Waals surface area contributed by atoms with Gasteiger partial charge in [-0.05, 0) is 22.8 Å². The van der Waals surface area contributed by atoms with Crippen molar-refractivity contribution in [1.82, 2.24) is 4.72 Å². The maximum absolute atomic E-state index is 11.0. The summed E-state index contributed by atoms with van der Waals surface area (Å²) in [6, 6.07) is 13.6. The van der Waals surface area contributed by atoms with Crippen molar-refractivity contribution in [3.8, 4) is 0 Å². The number of aliphatic hydroxyl groups is 1. The molecule has 0 heterocycles. The summed E-state index contributed by atoms with van der Waals surface area (Å²) >= 11 is 0. The number of aliphatic hydroxyl groups excluding tert-OH is 1. The summed E-state index contributed by atoms with van der Waals surface area (Å²) in [4.78, 5) is 0. The minimum atomic E-state index is -3.21. The molecule has 2 N–H and O–H groups in total. The van der Waals surface area contributed by atoms with Crippen LogP contribution >= 0.6 is 0 Å². The third-order valence-corrected chi connectivity index (χ3v) is 3.69. The van der Waals surface area contributed by atoms with Crippen molar-refractivity contribution in [3.05, 3.63) is 48.0 Å². The van der Waals surface area contributed by atoms with Crippen molar-refractivity contribution in [2.45, 2.75) is 12.5 Å². The van der Waals surface area contributed by atoms with Crippen LogP contribution < -0.4 is 4.72 Å². The van der Waals surface area contributed by atoms with E-state index in [1.54, 1.807) is 0 Å². The summed E-state index contributed by atoms with van der Waals surface area (Å²) in [6.45, 7) is 0.225. The molecule has 0 aliphatic carbocycles. The van der Waals surface area contributed by atoms with Gasteiger partial charge in [0.05, 0.1) is 12.4 Å². The van der Waals surface area contributed by atoms with E-state index in [1.807, 2.05) is 42.5 Å². The first kappa shape index (κ1) is 14.0. The van der Waals surface area contributed by atoms with Gasteiger partial charge in [0.25, 0.3) is 0 Å². The van der Waals surface area contributed by atoms with Crippen LogP contribution in [0.2, 0.25) is 0 Å². The molecule has 0 fully saturated rings.